The summed E-state index contributed by atoms with van der Waals surface area (Å²) in [5, 5.41) is 12.4. The zero-order valence-electron chi connectivity index (χ0n) is 10.8. The third-order valence-corrected chi connectivity index (χ3v) is 3.05. The van der Waals surface area contributed by atoms with Crippen LogP contribution in [0.25, 0.3) is 0 Å². The molecule has 0 aliphatic heterocycles. The van der Waals surface area contributed by atoms with Gasteiger partial charge < -0.3 is 15.0 Å². The van der Waals surface area contributed by atoms with Gasteiger partial charge in [0.2, 0.25) is 0 Å². The Morgan fingerprint density at radius 1 is 1.42 bits per heavy atom. The van der Waals surface area contributed by atoms with E-state index < -0.39 is 11.9 Å². The molecule has 0 aliphatic rings. The maximum absolute atomic E-state index is 11.3. The van der Waals surface area contributed by atoms with Crippen molar-refractivity contribution in [2.24, 2.45) is 7.05 Å². The van der Waals surface area contributed by atoms with Gasteiger partial charge in [0, 0.05) is 26.0 Å². The van der Waals surface area contributed by atoms with E-state index in [9.17, 15) is 9.90 Å². The van der Waals surface area contributed by atoms with Crippen molar-refractivity contribution < 1.29 is 9.90 Å². The lowest BCUT2D eigenvalue weighted by atomic mass is 9.99. The van der Waals surface area contributed by atoms with E-state index in [-0.39, 0.29) is 0 Å². The van der Waals surface area contributed by atoms with E-state index in [1.165, 1.54) is 0 Å². The van der Waals surface area contributed by atoms with Crippen molar-refractivity contribution in [3.05, 3.63) is 54.1 Å². The number of aryl methyl sites for hydroxylation is 1. The van der Waals surface area contributed by atoms with Crippen LogP contribution < -0.4 is 5.32 Å². The monoisotopic (exact) mass is 259 g/mol. The molecule has 2 rings (SSSR count). The SMILES string of the molecule is Cn1ccnc1CNCC(C(=O)O)c1ccccc1. The molecule has 0 aliphatic carbocycles. The number of benzene rings is 1. The van der Waals surface area contributed by atoms with Gasteiger partial charge in [0.25, 0.3) is 0 Å². The van der Waals surface area contributed by atoms with E-state index in [1.807, 2.05) is 48.1 Å². The molecular formula is C14H17N3O2. The van der Waals surface area contributed by atoms with E-state index in [2.05, 4.69) is 10.3 Å². The minimum atomic E-state index is -0.821. The maximum atomic E-state index is 11.3. The van der Waals surface area contributed by atoms with Crippen molar-refractivity contribution in [3.8, 4) is 0 Å². The normalized spacial score (nSPS) is 12.3. The molecule has 0 saturated carbocycles. The van der Waals surface area contributed by atoms with Gasteiger partial charge in [0.15, 0.2) is 0 Å². The van der Waals surface area contributed by atoms with Crippen molar-refractivity contribution in [1.82, 2.24) is 14.9 Å². The highest BCUT2D eigenvalue weighted by Crippen LogP contribution is 2.14. The predicted molar refractivity (Wildman–Crippen MR) is 71.7 cm³/mol. The summed E-state index contributed by atoms with van der Waals surface area (Å²) in [6.07, 6.45) is 3.59. The lowest BCUT2D eigenvalue weighted by Crippen LogP contribution is -2.27. The van der Waals surface area contributed by atoms with Gasteiger partial charge in [0.1, 0.15) is 5.82 Å². The molecule has 5 heteroatoms. The molecule has 0 bridgehead atoms. The Morgan fingerprint density at radius 2 is 2.16 bits per heavy atom. The predicted octanol–water partition coefficient (Wildman–Crippen LogP) is 1.38. The summed E-state index contributed by atoms with van der Waals surface area (Å²) in [4.78, 5) is 15.5. The fourth-order valence-corrected chi connectivity index (χ4v) is 1.93. The number of carboxylic acids is 1. The van der Waals surface area contributed by atoms with Gasteiger partial charge in [0.05, 0.1) is 12.5 Å². The molecule has 1 heterocycles. The molecule has 1 aromatic carbocycles. The van der Waals surface area contributed by atoms with Crippen LogP contribution in [0.1, 0.15) is 17.3 Å². The second kappa shape index (κ2) is 6.15. The highest BCUT2D eigenvalue weighted by molar-refractivity contribution is 5.76. The molecule has 1 unspecified atom stereocenters. The standard InChI is InChI=1S/C14H17N3O2/c1-17-8-7-16-13(17)10-15-9-12(14(18)19)11-5-3-2-4-6-11/h2-8,12,15H,9-10H2,1H3,(H,18,19). The highest BCUT2D eigenvalue weighted by Gasteiger charge is 2.19. The zero-order chi connectivity index (χ0) is 13.7. The van der Waals surface area contributed by atoms with E-state index in [4.69, 9.17) is 0 Å². The molecule has 0 amide bonds. The van der Waals surface area contributed by atoms with Crippen molar-refractivity contribution in [2.75, 3.05) is 6.54 Å². The van der Waals surface area contributed by atoms with Crippen molar-refractivity contribution >= 4 is 5.97 Å². The summed E-state index contributed by atoms with van der Waals surface area (Å²) in [6, 6.07) is 9.25. The second-order valence-electron chi connectivity index (χ2n) is 4.39. The third kappa shape index (κ3) is 3.42. The summed E-state index contributed by atoms with van der Waals surface area (Å²) in [7, 11) is 1.91. The number of aromatic nitrogens is 2. The molecule has 0 radical (unpaired) electrons. The van der Waals surface area contributed by atoms with Crippen LogP contribution in [0.2, 0.25) is 0 Å². The summed E-state index contributed by atoms with van der Waals surface area (Å²) in [5.74, 6) is -0.475. The number of hydrogen-bond acceptors (Lipinski definition) is 3. The molecule has 0 saturated heterocycles. The van der Waals surface area contributed by atoms with Crippen LogP contribution >= 0.6 is 0 Å². The Kier molecular flexibility index (Phi) is 4.30. The molecular weight excluding hydrogens is 242 g/mol. The average molecular weight is 259 g/mol. The molecule has 0 fully saturated rings. The Hall–Kier alpha value is -2.14. The van der Waals surface area contributed by atoms with Gasteiger partial charge in [-0.3, -0.25) is 4.79 Å². The van der Waals surface area contributed by atoms with E-state index in [1.54, 1.807) is 6.20 Å². The molecule has 100 valence electrons. The summed E-state index contributed by atoms with van der Waals surface area (Å²) in [6.45, 7) is 0.937. The second-order valence-corrected chi connectivity index (χ2v) is 4.39. The van der Waals surface area contributed by atoms with Crippen molar-refractivity contribution in [2.45, 2.75) is 12.5 Å². The molecule has 2 N–H and O–H groups in total. The van der Waals surface area contributed by atoms with Crippen LogP contribution in [0.3, 0.4) is 0 Å². The molecule has 1 aromatic heterocycles. The number of aliphatic carboxylic acids is 1. The number of nitrogens with zero attached hydrogens (tertiary/aromatic N) is 2. The van der Waals surface area contributed by atoms with Gasteiger partial charge in [-0.1, -0.05) is 30.3 Å². The van der Waals surface area contributed by atoms with Gasteiger partial charge in [-0.2, -0.15) is 0 Å². The largest absolute Gasteiger partial charge is 0.481 e. The van der Waals surface area contributed by atoms with Crippen LogP contribution in [0, 0.1) is 0 Å². The first-order valence-corrected chi connectivity index (χ1v) is 6.13. The fourth-order valence-electron chi connectivity index (χ4n) is 1.93. The first-order valence-electron chi connectivity index (χ1n) is 6.13. The minimum absolute atomic E-state index is 0.381. The van der Waals surface area contributed by atoms with Gasteiger partial charge in [-0.05, 0) is 5.56 Å². The van der Waals surface area contributed by atoms with Crippen LogP contribution in [0.5, 0.6) is 0 Å². The summed E-state index contributed by atoms with van der Waals surface area (Å²) >= 11 is 0. The fraction of sp³-hybridized carbons (Fsp3) is 0.286. The van der Waals surface area contributed by atoms with Crippen LogP contribution in [0.4, 0.5) is 0 Å². The number of imidazole rings is 1. The smallest absolute Gasteiger partial charge is 0.312 e. The summed E-state index contributed by atoms with van der Waals surface area (Å²) < 4.78 is 1.91. The first kappa shape index (κ1) is 13.3. The Morgan fingerprint density at radius 3 is 2.74 bits per heavy atom. The van der Waals surface area contributed by atoms with Gasteiger partial charge in [-0.15, -0.1) is 0 Å². The average Bonchev–Trinajstić information content (AvgIpc) is 2.81. The maximum Gasteiger partial charge on any atom is 0.312 e. The van der Waals surface area contributed by atoms with Crippen LogP contribution in [0.15, 0.2) is 42.7 Å². The van der Waals surface area contributed by atoms with E-state index in [0.717, 1.165) is 11.4 Å². The molecule has 2 aromatic rings. The molecule has 5 nitrogen and oxygen atoms in total. The van der Waals surface area contributed by atoms with Gasteiger partial charge in [-0.25, -0.2) is 4.98 Å². The van der Waals surface area contributed by atoms with Gasteiger partial charge >= 0.3 is 5.97 Å². The third-order valence-electron chi connectivity index (χ3n) is 3.05. The van der Waals surface area contributed by atoms with Crippen molar-refractivity contribution in [3.63, 3.8) is 0 Å². The quantitative estimate of drug-likeness (QED) is 0.822. The Bertz CT molecular complexity index is 537. The lowest BCUT2D eigenvalue weighted by Gasteiger charge is -2.13. The highest BCUT2D eigenvalue weighted by atomic mass is 16.4. The van der Waals surface area contributed by atoms with Crippen LogP contribution in [-0.2, 0) is 18.4 Å². The zero-order valence-corrected chi connectivity index (χ0v) is 10.8. The number of nitrogens with one attached hydrogen (secondary N) is 1. The minimum Gasteiger partial charge on any atom is -0.481 e. The van der Waals surface area contributed by atoms with E-state index >= 15 is 0 Å². The topological polar surface area (TPSA) is 67.2 Å². The first-order chi connectivity index (χ1) is 9.18. The molecule has 0 spiro atoms. The number of carboxylic acid groups (broad SMARTS) is 1. The lowest BCUT2D eigenvalue weighted by molar-refractivity contribution is -0.138. The van der Waals surface area contributed by atoms with Crippen molar-refractivity contribution in [1.29, 1.82) is 0 Å². The van der Waals surface area contributed by atoms with E-state index in [0.29, 0.717) is 13.1 Å². The molecule has 1 atom stereocenters. The number of hydrogen-bond donors (Lipinski definition) is 2. The Labute approximate surface area is 111 Å². The Balaban J connectivity index is 1.95. The summed E-state index contributed by atoms with van der Waals surface area (Å²) in [5.41, 5.74) is 0.808. The van der Waals surface area contributed by atoms with Crippen LogP contribution in [-0.4, -0.2) is 27.2 Å². The molecule has 19 heavy (non-hydrogen) atoms. The number of carbonyl (C=O) groups is 1. The number of rotatable bonds is 6.